The van der Waals surface area contributed by atoms with Gasteiger partial charge in [0.25, 0.3) is 0 Å². The van der Waals surface area contributed by atoms with Gasteiger partial charge in [0.05, 0.1) is 6.61 Å². The molecule has 0 bridgehead atoms. The Kier molecular flexibility index (Phi) is 24.1. The third kappa shape index (κ3) is 20.7. The number of hydrogen-bond donors (Lipinski definition) is 11. The number of aliphatic imine (C=N–C) groups is 1. The summed E-state index contributed by atoms with van der Waals surface area (Å²) in [6, 6.07) is -8.06. The highest BCUT2D eigenvalue weighted by molar-refractivity contribution is 7.98. The summed E-state index contributed by atoms with van der Waals surface area (Å²) in [5, 5.41) is 27.7. The van der Waals surface area contributed by atoms with Crippen molar-refractivity contribution < 1.29 is 43.5 Å². The molecule has 59 heavy (non-hydrogen) atoms. The summed E-state index contributed by atoms with van der Waals surface area (Å²) in [7, 11) is 0. The van der Waals surface area contributed by atoms with Gasteiger partial charge in [0.1, 0.15) is 42.3 Å². The number of thioether (sulfide) groups is 1. The number of guanidine groups is 1. The lowest BCUT2D eigenvalue weighted by atomic mass is 9.80. The summed E-state index contributed by atoms with van der Waals surface area (Å²) in [6.07, 6.45) is 6.86. The highest BCUT2D eigenvalue weighted by Crippen LogP contribution is 2.31. The molecule has 20 nitrogen and oxygen atoms in total. The first-order valence-electron chi connectivity index (χ1n) is 20.2. The van der Waals surface area contributed by atoms with Gasteiger partial charge in [-0.2, -0.15) is 11.8 Å². The molecule has 14 N–H and O–H groups in total. The van der Waals surface area contributed by atoms with Crippen LogP contribution in [0.4, 0.5) is 0 Å². The summed E-state index contributed by atoms with van der Waals surface area (Å²) < 4.78 is 0. The van der Waals surface area contributed by atoms with Gasteiger partial charge in [-0.15, -0.1) is 0 Å². The molecule has 336 valence electrons. The summed E-state index contributed by atoms with van der Waals surface area (Å²) in [4.78, 5) is 108. The fraction of sp³-hybridized carbons (Fsp3) is 0.763. The minimum atomic E-state index is -1.45. The van der Waals surface area contributed by atoms with Crippen molar-refractivity contribution in [1.29, 1.82) is 0 Å². The van der Waals surface area contributed by atoms with Crippen LogP contribution in [0.1, 0.15) is 99.3 Å². The van der Waals surface area contributed by atoms with Crippen LogP contribution < -0.4 is 54.4 Å². The van der Waals surface area contributed by atoms with E-state index < -0.39 is 96.2 Å². The quantitative estimate of drug-likeness (QED) is 0.0256. The third-order valence-corrected chi connectivity index (χ3v) is 10.6. The molecule has 1 saturated carbocycles. The molecule has 0 radical (unpaired) electrons. The molecule has 1 fully saturated rings. The maximum absolute atomic E-state index is 13.6. The van der Waals surface area contributed by atoms with Gasteiger partial charge < -0.3 is 59.5 Å². The zero-order valence-electron chi connectivity index (χ0n) is 35.6. The average molecular weight is 856 g/mol. The molecule has 1 rings (SSSR count). The SMILES string of the molecule is CSCC[C@H](NC(=O)[C@H](C)NC(=O)[C@H](CCCN=C(N)N)NC(=O)[C@@H](CC1CCC(C)CC1)NC(C)=O)C(=O)N[C@@H](C)C(=O)N[C@@H](CO)C(=O)N[C@@H](CC(C)C)C(N)=O. The minimum absolute atomic E-state index is 0.0106. The van der Waals surface area contributed by atoms with Crippen molar-refractivity contribution in [1.82, 2.24) is 37.2 Å². The lowest BCUT2D eigenvalue weighted by Crippen LogP contribution is -2.59. The van der Waals surface area contributed by atoms with Gasteiger partial charge in [-0.25, -0.2) is 0 Å². The summed E-state index contributed by atoms with van der Waals surface area (Å²) in [6.45, 7) is 9.25. The van der Waals surface area contributed by atoms with Crippen LogP contribution in [-0.4, -0.2) is 126 Å². The van der Waals surface area contributed by atoms with E-state index in [4.69, 9.17) is 17.2 Å². The van der Waals surface area contributed by atoms with E-state index in [9.17, 15) is 43.5 Å². The molecule has 21 heteroatoms. The van der Waals surface area contributed by atoms with Crippen LogP contribution >= 0.6 is 11.8 Å². The molecule has 1 aliphatic carbocycles. The van der Waals surface area contributed by atoms with Gasteiger partial charge in [-0.05, 0) is 75.7 Å². The van der Waals surface area contributed by atoms with Crippen LogP contribution in [0.3, 0.4) is 0 Å². The number of aliphatic hydroxyl groups excluding tert-OH is 1. The predicted molar refractivity (Wildman–Crippen MR) is 225 cm³/mol. The number of aliphatic hydroxyl groups is 1. The number of nitrogens with zero attached hydrogens (tertiary/aromatic N) is 1. The van der Waals surface area contributed by atoms with E-state index in [1.54, 1.807) is 6.26 Å². The lowest BCUT2D eigenvalue weighted by molar-refractivity contribution is -0.135. The zero-order chi connectivity index (χ0) is 44.8. The molecule has 0 aromatic carbocycles. The lowest BCUT2D eigenvalue weighted by Gasteiger charge is -2.30. The number of primary amides is 1. The van der Waals surface area contributed by atoms with E-state index in [0.29, 0.717) is 24.5 Å². The zero-order valence-corrected chi connectivity index (χ0v) is 36.4. The summed E-state index contributed by atoms with van der Waals surface area (Å²) >= 11 is 1.40. The Morgan fingerprint density at radius 3 is 1.61 bits per heavy atom. The summed E-state index contributed by atoms with van der Waals surface area (Å²) in [5.41, 5.74) is 16.3. The Morgan fingerprint density at radius 1 is 0.661 bits per heavy atom. The number of carbonyl (C=O) groups excluding carboxylic acids is 8. The van der Waals surface area contributed by atoms with Gasteiger partial charge in [0, 0.05) is 13.5 Å². The van der Waals surface area contributed by atoms with E-state index in [-0.39, 0.29) is 43.6 Å². The molecular formula is C38H69N11O9S. The molecule has 0 heterocycles. The second-order valence-corrected chi connectivity index (χ2v) is 16.8. The molecule has 0 saturated heterocycles. The van der Waals surface area contributed by atoms with E-state index >= 15 is 0 Å². The van der Waals surface area contributed by atoms with Crippen LogP contribution in [0.2, 0.25) is 0 Å². The maximum atomic E-state index is 13.6. The number of carbonyl (C=O) groups is 8. The second kappa shape index (κ2) is 27.2. The molecule has 0 aliphatic heterocycles. The van der Waals surface area contributed by atoms with Gasteiger partial charge in [-0.1, -0.05) is 46.5 Å². The van der Waals surface area contributed by atoms with Gasteiger partial charge >= 0.3 is 0 Å². The first kappa shape index (κ1) is 52.4. The van der Waals surface area contributed by atoms with Gasteiger partial charge in [0.15, 0.2) is 5.96 Å². The third-order valence-electron chi connectivity index (χ3n) is 9.91. The first-order chi connectivity index (χ1) is 27.7. The van der Waals surface area contributed by atoms with E-state index in [1.165, 1.54) is 32.5 Å². The van der Waals surface area contributed by atoms with Crippen LogP contribution in [0, 0.1) is 17.8 Å². The second-order valence-electron chi connectivity index (χ2n) is 15.8. The van der Waals surface area contributed by atoms with E-state index in [2.05, 4.69) is 49.1 Å². The topological polar surface area (TPSA) is 331 Å². The Balaban J connectivity index is 3.04. The molecule has 0 spiro atoms. The maximum Gasteiger partial charge on any atom is 0.245 e. The van der Waals surface area contributed by atoms with Crippen LogP contribution in [0.15, 0.2) is 4.99 Å². The van der Waals surface area contributed by atoms with Crippen molar-refractivity contribution in [3.8, 4) is 0 Å². The highest BCUT2D eigenvalue weighted by atomic mass is 32.2. The number of rotatable bonds is 26. The molecule has 0 unspecified atom stereocenters. The largest absolute Gasteiger partial charge is 0.394 e. The fourth-order valence-corrected chi connectivity index (χ4v) is 6.93. The summed E-state index contributed by atoms with van der Waals surface area (Å²) in [5.74, 6) is -4.42. The molecule has 0 aromatic rings. The Labute approximate surface area is 351 Å². The van der Waals surface area contributed by atoms with Gasteiger partial charge in [0.2, 0.25) is 47.3 Å². The standard InChI is InChI=1S/C38H69N11O9S/c1-20(2)17-28(31(39)52)48-37(58)30(19-50)49-33(54)23(5)44-35(56)27(14-16-59-7)46-32(53)22(4)43-34(55)26(9-8-15-42-38(40)41)47-36(57)29(45-24(6)51)18-25-12-10-21(3)11-13-25/h20-23,25-30,50H,8-19H2,1-7H3,(H2,39,52)(H,43,55)(H,44,56)(H,45,51)(H,46,53)(H,47,57)(H,48,58)(H,49,54)(H4,40,41,42)/t21?,22-,23-,25?,26-,27-,28-,29+,30-/m0/s1. The first-order valence-corrected chi connectivity index (χ1v) is 21.6. The van der Waals surface area contributed by atoms with Crippen LogP contribution in [0.5, 0.6) is 0 Å². The predicted octanol–water partition coefficient (Wildman–Crippen LogP) is -2.01. The number of hydrogen-bond acceptors (Lipinski definition) is 11. The van der Waals surface area contributed by atoms with Crippen molar-refractivity contribution >= 4 is 65.0 Å². The monoisotopic (exact) mass is 856 g/mol. The fourth-order valence-electron chi connectivity index (χ4n) is 6.46. The molecule has 8 amide bonds. The Morgan fingerprint density at radius 2 is 1.14 bits per heavy atom. The smallest absolute Gasteiger partial charge is 0.245 e. The number of nitrogens with one attached hydrogen (secondary N) is 7. The van der Waals surface area contributed by atoms with Crippen molar-refractivity contribution in [2.45, 2.75) is 142 Å². The van der Waals surface area contributed by atoms with E-state index in [1.807, 2.05) is 13.8 Å². The van der Waals surface area contributed by atoms with Crippen molar-refractivity contribution in [3.05, 3.63) is 0 Å². The molecule has 7 atom stereocenters. The van der Waals surface area contributed by atoms with Crippen LogP contribution in [-0.2, 0) is 38.4 Å². The Hall–Kier alpha value is -4.66. The van der Waals surface area contributed by atoms with Crippen molar-refractivity contribution in [3.63, 3.8) is 0 Å². The van der Waals surface area contributed by atoms with E-state index in [0.717, 1.165) is 25.7 Å². The number of nitrogens with two attached hydrogens (primary N) is 3. The normalized spacial score (nSPS) is 18.6. The highest BCUT2D eigenvalue weighted by Gasteiger charge is 2.33. The van der Waals surface area contributed by atoms with Gasteiger partial charge in [-0.3, -0.25) is 43.3 Å². The minimum Gasteiger partial charge on any atom is -0.394 e. The number of amides is 8. The average Bonchev–Trinajstić information content (AvgIpc) is 3.15. The van der Waals surface area contributed by atoms with Crippen molar-refractivity contribution in [2.75, 3.05) is 25.2 Å². The molecular weight excluding hydrogens is 787 g/mol. The Bertz CT molecular complexity index is 1460. The molecule has 0 aromatic heterocycles. The van der Waals surface area contributed by atoms with Crippen LogP contribution in [0.25, 0.3) is 0 Å². The van der Waals surface area contributed by atoms with Crippen molar-refractivity contribution in [2.24, 2.45) is 39.9 Å². The molecule has 1 aliphatic rings.